The number of rotatable bonds is 9. The third-order valence-corrected chi connectivity index (χ3v) is 4.58. The normalized spacial score (nSPS) is 21.0. The Bertz CT molecular complexity index is 250. The van der Waals surface area contributed by atoms with Gasteiger partial charge in [-0.1, -0.05) is 71.1 Å². The van der Waals surface area contributed by atoms with Crippen LogP contribution in [0.5, 0.6) is 0 Å². The molecule has 1 fully saturated rings. The van der Waals surface area contributed by atoms with Gasteiger partial charge in [-0.05, 0) is 32.1 Å². The summed E-state index contributed by atoms with van der Waals surface area (Å²) in [7, 11) is 0. The zero-order chi connectivity index (χ0) is 15.2. The van der Waals surface area contributed by atoms with Crippen LogP contribution in [0.3, 0.4) is 0 Å². The Morgan fingerprint density at radius 3 is 2.24 bits per heavy atom. The van der Waals surface area contributed by atoms with E-state index >= 15 is 0 Å². The molecule has 0 aromatic carbocycles. The second kappa shape index (κ2) is 13.2. The van der Waals surface area contributed by atoms with Crippen molar-refractivity contribution in [1.29, 1.82) is 0 Å². The van der Waals surface area contributed by atoms with Gasteiger partial charge in [0.05, 0.1) is 0 Å². The Balaban J connectivity index is 2.05. The molecule has 1 unspecified atom stereocenters. The van der Waals surface area contributed by atoms with E-state index in [4.69, 9.17) is 4.74 Å². The van der Waals surface area contributed by atoms with Crippen LogP contribution >= 0.6 is 0 Å². The molecule has 0 radical (unpaired) electrons. The summed E-state index contributed by atoms with van der Waals surface area (Å²) in [5, 5.41) is 0. The highest BCUT2D eigenvalue weighted by atomic mass is 16.5. The van der Waals surface area contributed by atoms with Gasteiger partial charge in [0, 0.05) is 6.42 Å². The van der Waals surface area contributed by atoms with Crippen LogP contribution in [0, 0.1) is 0 Å². The van der Waals surface area contributed by atoms with Crippen molar-refractivity contribution in [2.24, 2.45) is 0 Å². The smallest absolute Gasteiger partial charge is 0.306 e. The van der Waals surface area contributed by atoms with E-state index < -0.39 is 0 Å². The van der Waals surface area contributed by atoms with Gasteiger partial charge < -0.3 is 4.74 Å². The van der Waals surface area contributed by atoms with Gasteiger partial charge in [-0.25, -0.2) is 0 Å². The number of unbranched alkanes of at least 4 members (excludes halogenated alkanes) is 7. The number of hydrogen-bond acceptors (Lipinski definition) is 2. The average Bonchev–Trinajstić information content (AvgIpc) is 2.48. The largest absolute Gasteiger partial charge is 0.462 e. The van der Waals surface area contributed by atoms with E-state index in [1.54, 1.807) is 0 Å². The molecule has 1 aliphatic heterocycles. The highest BCUT2D eigenvalue weighted by molar-refractivity contribution is 5.69. The van der Waals surface area contributed by atoms with Crippen molar-refractivity contribution in [3.63, 3.8) is 0 Å². The van der Waals surface area contributed by atoms with Gasteiger partial charge in [-0.15, -0.1) is 0 Å². The van der Waals surface area contributed by atoms with Crippen LogP contribution in [0.25, 0.3) is 0 Å². The van der Waals surface area contributed by atoms with E-state index in [2.05, 4.69) is 6.92 Å². The average molecular weight is 296 g/mol. The molecule has 21 heavy (non-hydrogen) atoms. The molecule has 2 heteroatoms. The van der Waals surface area contributed by atoms with Crippen LogP contribution in [0.2, 0.25) is 0 Å². The Hall–Kier alpha value is -0.530. The van der Waals surface area contributed by atoms with Gasteiger partial charge in [0.1, 0.15) is 6.10 Å². The summed E-state index contributed by atoms with van der Waals surface area (Å²) < 4.78 is 5.65. The van der Waals surface area contributed by atoms with Gasteiger partial charge >= 0.3 is 5.97 Å². The van der Waals surface area contributed by atoms with Gasteiger partial charge in [-0.2, -0.15) is 0 Å². The van der Waals surface area contributed by atoms with Crippen molar-refractivity contribution in [3.05, 3.63) is 0 Å². The number of hydrogen-bond donors (Lipinski definition) is 0. The van der Waals surface area contributed by atoms with Crippen molar-refractivity contribution in [1.82, 2.24) is 0 Å². The molecule has 0 bridgehead atoms. The standard InChI is InChI=1S/C19H36O2/c1-2-3-4-5-6-7-9-12-15-18-16-13-10-8-11-14-17-19(20)21-18/h18H,2-17H2,1H3. The first-order valence-corrected chi connectivity index (χ1v) is 9.52. The van der Waals surface area contributed by atoms with Gasteiger partial charge in [0.15, 0.2) is 0 Å². The van der Waals surface area contributed by atoms with Crippen LogP contribution in [-0.4, -0.2) is 12.1 Å². The molecule has 0 aliphatic carbocycles. The third-order valence-electron chi connectivity index (χ3n) is 4.58. The highest BCUT2D eigenvalue weighted by Crippen LogP contribution is 2.19. The predicted octanol–water partition coefficient (Wildman–Crippen LogP) is 6.17. The van der Waals surface area contributed by atoms with Crippen molar-refractivity contribution in [2.45, 2.75) is 116 Å². The quantitative estimate of drug-likeness (QED) is 0.375. The van der Waals surface area contributed by atoms with Crippen molar-refractivity contribution in [2.75, 3.05) is 0 Å². The maximum absolute atomic E-state index is 11.7. The van der Waals surface area contributed by atoms with E-state index in [9.17, 15) is 4.79 Å². The predicted molar refractivity (Wildman–Crippen MR) is 89.4 cm³/mol. The summed E-state index contributed by atoms with van der Waals surface area (Å²) in [5.74, 6) is 0.0430. The number of ether oxygens (including phenoxy) is 1. The van der Waals surface area contributed by atoms with E-state index in [-0.39, 0.29) is 12.1 Å². The number of cyclic esters (lactones) is 1. The molecular formula is C19H36O2. The SMILES string of the molecule is CCCCCCCCCCC1CCCCCCCC(=O)O1. The zero-order valence-corrected chi connectivity index (χ0v) is 14.2. The molecule has 1 heterocycles. The molecule has 124 valence electrons. The molecule has 2 nitrogen and oxygen atoms in total. The van der Waals surface area contributed by atoms with Crippen LogP contribution < -0.4 is 0 Å². The molecule has 0 amide bonds. The minimum absolute atomic E-state index is 0.0430. The maximum atomic E-state index is 11.7. The Kier molecular flexibility index (Phi) is 11.6. The first-order valence-electron chi connectivity index (χ1n) is 9.52. The summed E-state index contributed by atoms with van der Waals surface area (Å²) >= 11 is 0. The summed E-state index contributed by atoms with van der Waals surface area (Å²) in [6, 6.07) is 0. The van der Waals surface area contributed by atoms with E-state index in [1.165, 1.54) is 77.0 Å². The zero-order valence-electron chi connectivity index (χ0n) is 14.2. The first kappa shape index (κ1) is 18.5. The fourth-order valence-corrected chi connectivity index (χ4v) is 3.18. The first-order chi connectivity index (χ1) is 10.3. The minimum atomic E-state index is 0.0430. The van der Waals surface area contributed by atoms with Crippen LogP contribution in [-0.2, 0) is 9.53 Å². The maximum Gasteiger partial charge on any atom is 0.306 e. The third kappa shape index (κ3) is 10.8. The lowest BCUT2D eigenvalue weighted by Gasteiger charge is -2.19. The second-order valence-electron chi connectivity index (χ2n) is 6.68. The summed E-state index contributed by atoms with van der Waals surface area (Å²) in [6.45, 7) is 2.26. The Morgan fingerprint density at radius 2 is 1.48 bits per heavy atom. The molecule has 0 aromatic rings. The van der Waals surface area contributed by atoms with E-state index in [0.717, 1.165) is 19.3 Å². The van der Waals surface area contributed by atoms with Crippen molar-refractivity contribution >= 4 is 5.97 Å². The van der Waals surface area contributed by atoms with Crippen LogP contribution in [0.4, 0.5) is 0 Å². The number of esters is 1. The molecule has 1 aliphatic rings. The fraction of sp³-hybridized carbons (Fsp3) is 0.947. The van der Waals surface area contributed by atoms with Crippen LogP contribution in [0.1, 0.15) is 110 Å². The van der Waals surface area contributed by atoms with Crippen molar-refractivity contribution in [3.8, 4) is 0 Å². The summed E-state index contributed by atoms with van der Waals surface area (Å²) in [5.41, 5.74) is 0. The second-order valence-corrected chi connectivity index (χ2v) is 6.68. The molecule has 1 saturated heterocycles. The molecule has 0 N–H and O–H groups in total. The fourth-order valence-electron chi connectivity index (χ4n) is 3.18. The monoisotopic (exact) mass is 296 g/mol. The molecule has 0 spiro atoms. The van der Waals surface area contributed by atoms with E-state index in [1.807, 2.05) is 0 Å². The van der Waals surface area contributed by atoms with Crippen LogP contribution in [0.15, 0.2) is 0 Å². The number of carbonyl (C=O) groups excluding carboxylic acids is 1. The molecular weight excluding hydrogens is 260 g/mol. The van der Waals surface area contributed by atoms with Gasteiger partial charge in [-0.3, -0.25) is 4.79 Å². The minimum Gasteiger partial charge on any atom is -0.462 e. The Labute approximate surface area is 132 Å². The topological polar surface area (TPSA) is 26.3 Å². The van der Waals surface area contributed by atoms with E-state index in [0.29, 0.717) is 6.42 Å². The lowest BCUT2D eigenvalue weighted by molar-refractivity contribution is -0.150. The highest BCUT2D eigenvalue weighted by Gasteiger charge is 2.15. The lowest BCUT2D eigenvalue weighted by atomic mass is 10.0. The Morgan fingerprint density at radius 1 is 0.857 bits per heavy atom. The summed E-state index contributed by atoms with van der Waals surface area (Å²) in [4.78, 5) is 11.7. The van der Waals surface area contributed by atoms with Crippen molar-refractivity contribution < 1.29 is 9.53 Å². The lowest BCUT2D eigenvalue weighted by Crippen LogP contribution is -2.19. The molecule has 1 rings (SSSR count). The van der Waals surface area contributed by atoms with Gasteiger partial charge in [0.2, 0.25) is 0 Å². The molecule has 1 atom stereocenters. The molecule has 0 aromatic heterocycles. The molecule has 0 saturated carbocycles. The summed E-state index contributed by atoms with van der Waals surface area (Å²) in [6.07, 6.45) is 19.8. The van der Waals surface area contributed by atoms with Gasteiger partial charge in [0.25, 0.3) is 0 Å². The number of carbonyl (C=O) groups is 1.